The number of hydrogen-bond donors (Lipinski definition) is 0. The molecule has 1 aliphatic rings. The van der Waals surface area contributed by atoms with Crippen LogP contribution in [-0.4, -0.2) is 36.1 Å². The molecule has 0 spiro atoms. The highest BCUT2D eigenvalue weighted by molar-refractivity contribution is 6.32. The van der Waals surface area contributed by atoms with Crippen molar-refractivity contribution < 1.29 is 0 Å². The summed E-state index contributed by atoms with van der Waals surface area (Å²) in [5.41, 5.74) is 1.57. The topological polar surface area (TPSA) is 56.1 Å². The summed E-state index contributed by atoms with van der Waals surface area (Å²) in [7, 11) is 0. The number of anilines is 2. The van der Waals surface area contributed by atoms with Crippen LogP contribution in [0.5, 0.6) is 0 Å². The summed E-state index contributed by atoms with van der Waals surface area (Å²) < 4.78 is 0. The van der Waals surface area contributed by atoms with E-state index < -0.39 is 0 Å². The molecule has 0 amide bonds. The molecule has 0 bridgehead atoms. The van der Waals surface area contributed by atoms with E-state index in [1.165, 1.54) is 0 Å². The zero-order valence-electron chi connectivity index (χ0n) is 12.1. The summed E-state index contributed by atoms with van der Waals surface area (Å²) in [6, 6.07) is 9.52. The molecule has 0 atom stereocenters. The molecule has 1 fully saturated rings. The fourth-order valence-electron chi connectivity index (χ4n) is 2.62. The maximum absolute atomic E-state index is 8.96. The van der Waals surface area contributed by atoms with E-state index >= 15 is 0 Å². The molecule has 0 radical (unpaired) electrons. The highest BCUT2D eigenvalue weighted by Crippen LogP contribution is 2.24. The Morgan fingerprint density at radius 2 is 1.77 bits per heavy atom. The molecule has 1 aromatic heterocycles. The zero-order valence-corrected chi connectivity index (χ0v) is 12.9. The van der Waals surface area contributed by atoms with E-state index in [4.69, 9.17) is 16.9 Å². The van der Waals surface area contributed by atoms with Crippen molar-refractivity contribution in [2.45, 2.75) is 6.42 Å². The lowest BCUT2D eigenvalue weighted by atomic mass is 10.2. The Bertz CT molecular complexity index is 683. The van der Waals surface area contributed by atoms with Gasteiger partial charge >= 0.3 is 0 Å². The summed E-state index contributed by atoms with van der Waals surface area (Å²) in [5.74, 6) is 0.780. The van der Waals surface area contributed by atoms with Gasteiger partial charge in [0, 0.05) is 44.3 Å². The van der Waals surface area contributed by atoms with Crippen molar-refractivity contribution in [1.29, 1.82) is 5.26 Å². The average molecular weight is 314 g/mol. The molecule has 3 rings (SSSR count). The molecule has 0 N–H and O–H groups in total. The first-order valence-electron chi connectivity index (χ1n) is 7.24. The fraction of sp³-hybridized carbons (Fsp3) is 0.312. The predicted octanol–water partition coefficient (Wildman–Crippen LogP) is 2.72. The maximum atomic E-state index is 8.96. The second-order valence-electron chi connectivity index (χ2n) is 5.15. The smallest absolute Gasteiger partial charge is 0.225 e. The molecular weight excluding hydrogens is 298 g/mol. The van der Waals surface area contributed by atoms with Crippen LogP contribution in [0, 0.1) is 11.3 Å². The lowest BCUT2D eigenvalue weighted by Gasteiger charge is -2.24. The van der Waals surface area contributed by atoms with Gasteiger partial charge in [-0.15, -0.1) is 0 Å². The van der Waals surface area contributed by atoms with Gasteiger partial charge in [-0.25, -0.2) is 9.97 Å². The number of benzene rings is 1. The number of nitrogens with zero attached hydrogens (tertiary/aromatic N) is 5. The van der Waals surface area contributed by atoms with Gasteiger partial charge in [0.25, 0.3) is 0 Å². The van der Waals surface area contributed by atoms with Crippen LogP contribution in [0.25, 0.3) is 0 Å². The number of halogens is 1. The molecule has 0 saturated carbocycles. The second kappa shape index (κ2) is 6.63. The van der Waals surface area contributed by atoms with Gasteiger partial charge in [-0.3, -0.25) is 0 Å². The summed E-state index contributed by atoms with van der Waals surface area (Å²) in [6.07, 6.45) is 4.56. The Kier molecular flexibility index (Phi) is 4.40. The first kappa shape index (κ1) is 14.6. The van der Waals surface area contributed by atoms with Gasteiger partial charge < -0.3 is 9.80 Å². The standard InChI is InChI=1S/C16H16ClN5/c17-15-11-14(4-3-13(15)12-18)21-7-2-8-22(10-9-21)16-19-5-1-6-20-16/h1,3-6,11H,2,7-10H2. The van der Waals surface area contributed by atoms with Crippen LogP contribution in [0.4, 0.5) is 11.6 Å². The molecule has 5 nitrogen and oxygen atoms in total. The van der Waals surface area contributed by atoms with Crippen LogP contribution in [0.2, 0.25) is 5.02 Å². The molecule has 1 aromatic carbocycles. The SMILES string of the molecule is N#Cc1ccc(N2CCCN(c3ncccn3)CC2)cc1Cl. The van der Waals surface area contributed by atoms with E-state index in [1.54, 1.807) is 18.5 Å². The van der Waals surface area contributed by atoms with E-state index in [9.17, 15) is 0 Å². The van der Waals surface area contributed by atoms with Gasteiger partial charge in [-0.2, -0.15) is 5.26 Å². The van der Waals surface area contributed by atoms with Crippen molar-refractivity contribution in [3.05, 3.63) is 47.2 Å². The molecule has 1 saturated heterocycles. The van der Waals surface area contributed by atoms with Crippen molar-refractivity contribution >= 4 is 23.2 Å². The van der Waals surface area contributed by atoms with Crippen molar-refractivity contribution in [2.24, 2.45) is 0 Å². The van der Waals surface area contributed by atoms with Gasteiger partial charge in [0.05, 0.1) is 10.6 Å². The Morgan fingerprint density at radius 3 is 2.50 bits per heavy atom. The summed E-state index contributed by atoms with van der Waals surface area (Å²) >= 11 is 6.13. The van der Waals surface area contributed by atoms with E-state index in [2.05, 4.69) is 25.8 Å². The molecule has 1 aliphatic heterocycles. The molecule has 22 heavy (non-hydrogen) atoms. The first-order valence-corrected chi connectivity index (χ1v) is 7.62. The molecule has 2 aromatic rings. The van der Waals surface area contributed by atoms with Crippen molar-refractivity contribution in [3.63, 3.8) is 0 Å². The third-order valence-electron chi connectivity index (χ3n) is 3.77. The van der Waals surface area contributed by atoms with E-state index in [-0.39, 0.29) is 0 Å². The predicted molar refractivity (Wildman–Crippen MR) is 87.2 cm³/mol. The number of rotatable bonds is 2. The quantitative estimate of drug-likeness (QED) is 0.853. The minimum absolute atomic E-state index is 0.507. The average Bonchev–Trinajstić information content (AvgIpc) is 2.81. The number of nitriles is 1. The lowest BCUT2D eigenvalue weighted by molar-refractivity contribution is 0.782. The van der Waals surface area contributed by atoms with Crippen LogP contribution in [0.3, 0.4) is 0 Å². The van der Waals surface area contributed by atoms with E-state index in [0.717, 1.165) is 44.2 Å². The highest BCUT2D eigenvalue weighted by atomic mass is 35.5. The van der Waals surface area contributed by atoms with Crippen LogP contribution in [0.15, 0.2) is 36.7 Å². The van der Waals surface area contributed by atoms with Crippen molar-refractivity contribution in [2.75, 3.05) is 36.0 Å². The largest absolute Gasteiger partial charge is 0.370 e. The minimum Gasteiger partial charge on any atom is -0.370 e. The Balaban J connectivity index is 1.73. The summed E-state index contributed by atoms with van der Waals surface area (Å²) in [4.78, 5) is 13.1. The van der Waals surface area contributed by atoms with Gasteiger partial charge in [0.1, 0.15) is 6.07 Å². The third kappa shape index (κ3) is 3.12. The fourth-order valence-corrected chi connectivity index (χ4v) is 2.84. The van der Waals surface area contributed by atoms with Crippen molar-refractivity contribution in [3.8, 4) is 6.07 Å². The molecule has 112 valence electrons. The van der Waals surface area contributed by atoms with E-state index in [0.29, 0.717) is 10.6 Å². The molecule has 0 unspecified atom stereocenters. The number of hydrogen-bond acceptors (Lipinski definition) is 5. The molecule has 6 heteroatoms. The van der Waals surface area contributed by atoms with Gasteiger partial charge in [0.15, 0.2) is 0 Å². The molecule has 0 aliphatic carbocycles. The monoisotopic (exact) mass is 313 g/mol. The van der Waals surface area contributed by atoms with Crippen LogP contribution >= 0.6 is 11.6 Å². The zero-order chi connectivity index (χ0) is 15.4. The normalized spacial score (nSPS) is 15.3. The molecular formula is C16H16ClN5. The minimum atomic E-state index is 0.507. The van der Waals surface area contributed by atoms with Crippen LogP contribution < -0.4 is 9.80 Å². The second-order valence-corrected chi connectivity index (χ2v) is 5.56. The first-order chi connectivity index (χ1) is 10.8. The lowest BCUT2D eigenvalue weighted by Crippen LogP contribution is -2.31. The Morgan fingerprint density at radius 1 is 1.05 bits per heavy atom. The van der Waals surface area contributed by atoms with E-state index in [1.807, 2.05) is 18.2 Å². The summed E-state index contributed by atoms with van der Waals surface area (Å²) in [5, 5.41) is 9.46. The van der Waals surface area contributed by atoms with Gasteiger partial charge in [-0.1, -0.05) is 11.6 Å². The maximum Gasteiger partial charge on any atom is 0.225 e. The highest BCUT2D eigenvalue weighted by Gasteiger charge is 2.17. The van der Waals surface area contributed by atoms with Crippen LogP contribution in [-0.2, 0) is 0 Å². The number of aromatic nitrogens is 2. The van der Waals surface area contributed by atoms with Gasteiger partial charge in [0.2, 0.25) is 5.95 Å². The van der Waals surface area contributed by atoms with Crippen molar-refractivity contribution in [1.82, 2.24) is 9.97 Å². The van der Waals surface area contributed by atoms with Gasteiger partial charge in [-0.05, 0) is 30.7 Å². The Labute approximate surface area is 134 Å². The van der Waals surface area contributed by atoms with Crippen LogP contribution in [0.1, 0.15) is 12.0 Å². The molecule has 2 heterocycles. The Hall–Kier alpha value is -2.32. The summed E-state index contributed by atoms with van der Waals surface area (Å²) in [6.45, 7) is 3.62. The third-order valence-corrected chi connectivity index (χ3v) is 4.08.